The van der Waals surface area contributed by atoms with Crippen LogP contribution in [0.15, 0.2) is 72.3 Å². The number of ether oxygens (including phenoxy) is 3. The van der Waals surface area contributed by atoms with Gasteiger partial charge in [-0.25, -0.2) is 0 Å². The highest BCUT2D eigenvalue weighted by molar-refractivity contribution is 6.09. The van der Waals surface area contributed by atoms with E-state index in [0.29, 0.717) is 48.3 Å². The van der Waals surface area contributed by atoms with Crippen LogP contribution < -0.4 is 19.5 Å². The van der Waals surface area contributed by atoms with Crippen LogP contribution in [0.2, 0.25) is 0 Å². The number of rotatable bonds is 10. The number of nitrogens with zero attached hydrogens (tertiary/aromatic N) is 1. The molecule has 3 rings (SSSR count). The number of nitrogens with one attached hydrogen (secondary N) is 1. The van der Waals surface area contributed by atoms with Crippen LogP contribution in [0.3, 0.4) is 0 Å². The lowest BCUT2D eigenvalue weighted by atomic mass is 10.1. The lowest BCUT2D eigenvalue weighted by Crippen LogP contribution is -2.13. The molecule has 3 aromatic carbocycles. The van der Waals surface area contributed by atoms with Gasteiger partial charge in [-0.3, -0.25) is 4.79 Å². The standard InChI is InChI=1S/C28H28N2O4/c1-4-32-25-13-11-24(12-14-25)30-28(31)23(18-29)16-22-10-15-26(27(17-22)33-5-2)34-19-21-8-6-20(3)7-9-21/h6-17H,4-5,19H2,1-3H3,(H,30,31)/b23-16+. The molecule has 0 aliphatic carbocycles. The van der Waals surface area contributed by atoms with Crippen LogP contribution in [0.1, 0.15) is 30.5 Å². The summed E-state index contributed by atoms with van der Waals surface area (Å²) in [7, 11) is 0. The SMILES string of the molecule is CCOc1ccc(NC(=O)/C(C#N)=C/c2ccc(OCc3ccc(C)cc3)c(OCC)c2)cc1. The van der Waals surface area contributed by atoms with Crippen molar-refractivity contribution in [3.8, 4) is 23.3 Å². The van der Waals surface area contributed by atoms with Crippen LogP contribution in [0.25, 0.3) is 6.08 Å². The fourth-order valence-electron chi connectivity index (χ4n) is 3.16. The summed E-state index contributed by atoms with van der Waals surface area (Å²) in [5.41, 5.74) is 3.45. The van der Waals surface area contributed by atoms with Gasteiger partial charge >= 0.3 is 0 Å². The molecule has 174 valence electrons. The van der Waals surface area contributed by atoms with Crippen molar-refractivity contribution in [1.82, 2.24) is 0 Å². The van der Waals surface area contributed by atoms with E-state index in [1.807, 2.05) is 51.1 Å². The van der Waals surface area contributed by atoms with Crippen molar-refractivity contribution >= 4 is 17.7 Å². The summed E-state index contributed by atoms with van der Waals surface area (Å²) in [5.74, 6) is 1.36. The second-order valence-electron chi connectivity index (χ2n) is 7.49. The predicted octanol–water partition coefficient (Wildman–Crippen LogP) is 5.92. The third-order valence-electron chi connectivity index (χ3n) is 4.88. The molecular formula is C28H28N2O4. The van der Waals surface area contributed by atoms with Crippen molar-refractivity contribution in [2.45, 2.75) is 27.4 Å². The molecule has 0 aliphatic rings. The maximum atomic E-state index is 12.6. The molecule has 0 fully saturated rings. The van der Waals surface area contributed by atoms with Gasteiger partial charge in [0, 0.05) is 5.69 Å². The fourth-order valence-corrected chi connectivity index (χ4v) is 3.16. The van der Waals surface area contributed by atoms with Gasteiger partial charge in [0.1, 0.15) is 24.0 Å². The largest absolute Gasteiger partial charge is 0.494 e. The lowest BCUT2D eigenvalue weighted by molar-refractivity contribution is -0.112. The van der Waals surface area contributed by atoms with Gasteiger partial charge < -0.3 is 19.5 Å². The summed E-state index contributed by atoms with van der Waals surface area (Å²) in [6, 6.07) is 22.4. The lowest BCUT2D eigenvalue weighted by Gasteiger charge is -2.13. The van der Waals surface area contributed by atoms with Gasteiger partial charge in [-0.15, -0.1) is 0 Å². The van der Waals surface area contributed by atoms with Gasteiger partial charge in [0.05, 0.1) is 13.2 Å². The summed E-state index contributed by atoms with van der Waals surface area (Å²) in [6.07, 6.45) is 1.52. The molecule has 0 heterocycles. The Morgan fingerprint density at radius 2 is 1.62 bits per heavy atom. The van der Waals surface area contributed by atoms with Gasteiger partial charge in [0.15, 0.2) is 11.5 Å². The molecule has 0 radical (unpaired) electrons. The van der Waals surface area contributed by atoms with Crippen LogP contribution in [0.4, 0.5) is 5.69 Å². The van der Waals surface area contributed by atoms with E-state index in [-0.39, 0.29) is 5.57 Å². The summed E-state index contributed by atoms with van der Waals surface area (Å²) in [5, 5.41) is 12.3. The number of anilines is 1. The van der Waals surface area contributed by atoms with Crippen LogP contribution in [0.5, 0.6) is 17.2 Å². The maximum Gasteiger partial charge on any atom is 0.266 e. The quantitative estimate of drug-likeness (QED) is 0.303. The summed E-state index contributed by atoms with van der Waals surface area (Å²) >= 11 is 0. The number of benzene rings is 3. The molecular weight excluding hydrogens is 428 g/mol. The number of hydrogen-bond donors (Lipinski definition) is 1. The Morgan fingerprint density at radius 1 is 0.912 bits per heavy atom. The molecule has 0 aliphatic heterocycles. The second-order valence-corrected chi connectivity index (χ2v) is 7.49. The van der Waals surface area contributed by atoms with E-state index in [9.17, 15) is 10.1 Å². The number of nitriles is 1. The van der Waals surface area contributed by atoms with Crippen molar-refractivity contribution in [1.29, 1.82) is 5.26 Å². The summed E-state index contributed by atoms with van der Waals surface area (Å²) in [4.78, 5) is 12.6. The van der Waals surface area contributed by atoms with Crippen molar-refractivity contribution in [2.24, 2.45) is 0 Å². The first-order valence-electron chi connectivity index (χ1n) is 11.1. The Balaban J connectivity index is 1.73. The van der Waals surface area contributed by atoms with E-state index < -0.39 is 5.91 Å². The molecule has 34 heavy (non-hydrogen) atoms. The Kier molecular flexibility index (Phi) is 8.70. The number of carbonyl (C=O) groups is 1. The van der Waals surface area contributed by atoms with Gasteiger partial charge in [-0.05, 0) is 74.4 Å². The van der Waals surface area contributed by atoms with Crippen molar-refractivity contribution in [2.75, 3.05) is 18.5 Å². The minimum Gasteiger partial charge on any atom is -0.494 e. The normalized spacial score (nSPS) is 10.8. The van der Waals surface area contributed by atoms with Crippen molar-refractivity contribution in [3.05, 3.63) is 89.0 Å². The van der Waals surface area contributed by atoms with E-state index in [4.69, 9.17) is 14.2 Å². The van der Waals surface area contributed by atoms with Crippen molar-refractivity contribution < 1.29 is 19.0 Å². The molecule has 0 aromatic heterocycles. The summed E-state index contributed by atoms with van der Waals surface area (Å²) in [6.45, 7) is 7.25. The van der Waals surface area contributed by atoms with Gasteiger partial charge in [0.2, 0.25) is 0 Å². The van der Waals surface area contributed by atoms with Crippen molar-refractivity contribution in [3.63, 3.8) is 0 Å². The van der Waals surface area contributed by atoms with Gasteiger partial charge in [-0.2, -0.15) is 5.26 Å². The third kappa shape index (κ3) is 6.88. The molecule has 6 nitrogen and oxygen atoms in total. The molecule has 3 aromatic rings. The van der Waals surface area contributed by atoms with Crippen LogP contribution in [0, 0.1) is 18.3 Å². The Labute approximate surface area is 200 Å². The Morgan fingerprint density at radius 3 is 2.26 bits per heavy atom. The highest BCUT2D eigenvalue weighted by Crippen LogP contribution is 2.30. The Hall–Kier alpha value is -4.24. The van der Waals surface area contributed by atoms with Gasteiger partial charge in [0.25, 0.3) is 5.91 Å². The molecule has 0 spiro atoms. The maximum absolute atomic E-state index is 12.6. The minimum absolute atomic E-state index is 0.0235. The van der Waals surface area contributed by atoms with E-state index >= 15 is 0 Å². The minimum atomic E-state index is -0.496. The van der Waals surface area contributed by atoms with Crippen LogP contribution in [-0.2, 0) is 11.4 Å². The monoisotopic (exact) mass is 456 g/mol. The zero-order valence-corrected chi connectivity index (χ0v) is 19.6. The van der Waals surface area contributed by atoms with E-state index in [0.717, 1.165) is 5.56 Å². The number of amides is 1. The predicted molar refractivity (Wildman–Crippen MR) is 133 cm³/mol. The van der Waals surface area contributed by atoms with Crippen LogP contribution in [-0.4, -0.2) is 19.1 Å². The zero-order chi connectivity index (χ0) is 24.3. The topological polar surface area (TPSA) is 80.6 Å². The average Bonchev–Trinajstić information content (AvgIpc) is 2.84. The zero-order valence-electron chi connectivity index (χ0n) is 19.6. The molecule has 1 N–H and O–H groups in total. The average molecular weight is 457 g/mol. The molecule has 0 atom stereocenters. The van der Waals surface area contributed by atoms with E-state index in [2.05, 4.69) is 5.32 Å². The first kappa shape index (κ1) is 24.4. The third-order valence-corrected chi connectivity index (χ3v) is 4.88. The molecule has 6 heteroatoms. The molecule has 0 saturated heterocycles. The van der Waals surface area contributed by atoms with E-state index in [1.165, 1.54) is 11.6 Å². The first-order valence-corrected chi connectivity index (χ1v) is 11.1. The second kappa shape index (κ2) is 12.1. The number of hydrogen-bond acceptors (Lipinski definition) is 5. The smallest absolute Gasteiger partial charge is 0.266 e. The highest BCUT2D eigenvalue weighted by Gasteiger charge is 2.12. The molecule has 1 amide bonds. The van der Waals surface area contributed by atoms with Gasteiger partial charge in [-0.1, -0.05) is 35.9 Å². The molecule has 0 bridgehead atoms. The number of aryl methyl sites for hydroxylation is 1. The number of carbonyl (C=O) groups excluding carboxylic acids is 1. The Bertz CT molecular complexity index is 1180. The molecule has 0 unspecified atom stereocenters. The first-order chi connectivity index (χ1) is 16.5. The van der Waals surface area contributed by atoms with Crippen LogP contribution >= 0.6 is 0 Å². The fraction of sp³-hybridized carbons (Fsp3) is 0.214. The molecule has 0 saturated carbocycles. The van der Waals surface area contributed by atoms with E-state index in [1.54, 1.807) is 42.5 Å². The summed E-state index contributed by atoms with van der Waals surface area (Å²) < 4.78 is 17.1. The highest BCUT2D eigenvalue weighted by atomic mass is 16.5.